The summed E-state index contributed by atoms with van der Waals surface area (Å²) in [5.41, 5.74) is 1.41. The SMILES string of the molecule is Cn1c(CC(=O)c2cccc(F)c2F)nc2ccccc21. The molecule has 0 aliphatic heterocycles. The molecule has 0 bridgehead atoms. The van der Waals surface area contributed by atoms with Crippen LogP contribution in [0.25, 0.3) is 11.0 Å². The highest BCUT2D eigenvalue weighted by Crippen LogP contribution is 2.17. The first-order valence-electron chi connectivity index (χ1n) is 6.45. The first-order chi connectivity index (χ1) is 10.1. The summed E-state index contributed by atoms with van der Waals surface area (Å²) < 4.78 is 28.6. The van der Waals surface area contributed by atoms with Gasteiger partial charge in [0.2, 0.25) is 0 Å². The van der Waals surface area contributed by atoms with E-state index in [9.17, 15) is 13.6 Å². The minimum atomic E-state index is -1.11. The summed E-state index contributed by atoms with van der Waals surface area (Å²) in [5.74, 6) is -2.11. The second-order valence-corrected chi connectivity index (χ2v) is 4.78. The summed E-state index contributed by atoms with van der Waals surface area (Å²) in [7, 11) is 1.79. The molecule has 0 atom stereocenters. The van der Waals surface area contributed by atoms with Crippen LogP contribution >= 0.6 is 0 Å². The third-order valence-electron chi connectivity index (χ3n) is 3.45. The molecular formula is C16H12F2N2O. The number of carbonyl (C=O) groups is 1. The number of hydrogen-bond acceptors (Lipinski definition) is 2. The number of Topliss-reactive ketones (excluding diaryl/α,β-unsaturated/α-hetero) is 1. The number of nitrogens with zero attached hydrogens (tertiary/aromatic N) is 2. The Bertz CT molecular complexity index is 839. The molecule has 3 nitrogen and oxygen atoms in total. The van der Waals surface area contributed by atoms with Gasteiger partial charge >= 0.3 is 0 Å². The maximum atomic E-state index is 13.6. The minimum Gasteiger partial charge on any atom is -0.331 e. The van der Waals surface area contributed by atoms with Crippen LogP contribution in [0.3, 0.4) is 0 Å². The van der Waals surface area contributed by atoms with Crippen LogP contribution in [-0.2, 0) is 13.5 Å². The predicted octanol–water partition coefficient (Wildman–Crippen LogP) is 3.28. The van der Waals surface area contributed by atoms with E-state index in [1.165, 1.54) is 12.1 Å². The molecule has 5 heteroatoms. The van der Waals surface area contributed by atoms with Crippen molar-refractivity contribution in [2.45, 2.75) is 6.42 Å². The number of rotatable bonds is 3. The van der Waals surface area contributed by atoms with Crippen LogP contribution in [0.2, 0.25) is 0 Å². The van der Waals surface area contributed by atoms with Gasteiger partial charge in [-0.1, -0.05) is 18.2 Å². The van der Waals surface area contributed by atoms with Gasteiger partial charge < -0.3 is 4.57 Å². The Morgan fingerprint density at radius 3 is 2.67 bits per heavy atom. The number of ketones is 1. The molecule has 3 aromatic rings. The van der Waals surface area contributed by atoms with Crippen molar-refractivity contribution >= 4 is 16.8 Å². The van der Waals surface area contributed by atoms with Crippen LogP contribution in [0.1, 0.15) is 16.2 Å². The van der Waals surface area contributed by atoms with Crippen LogP contribution in [0.15, 0.2) is 42.5 Å². The summed E-state index contributed by atoms with van der Waals surface area (Å²) in [4.78, 5) is 16.5. The Kier molecular flexibility index (Phi) is 3.25. The highest BCUT2D eigenvalue weighted by molar-refractivity contribution is 5.97. The minimum absolute atomic E-state index is 0.0778. The van der Waals surface area contributed by atoms with Crippen molar-refractivity contribution in [2.75, 3.05) is 0 Å². The zero-order valence-corrected chi connectivity index (χ0v) is 11.3. The van der Waals surface area contributed by atoms with Gasteiger partial charge in [0.05, 0.1) is 23.0 Å². The molecule has 2 aromatic carbocycles. The molecule has 0 amide bonds. The van der Waals surface area contributed by atoms with Crippen LogP contribution in [-0.4, -0.2) is 15.3 Å². The first-order valence-corrected chi connectivity index (χ1v) is 6.45. The average Bonchev–Trinajstić information content (AvgIpc) is 2.79. The molecule has 0 N–H and O–H groups in total. The molecule has 0 radical (unpaired) electrons. The number of fused-ring (bicyclic) bond motifs is 1. The monoisotopic (exact) mass is 286 g/mol. The Hall–Kier alpha value is -2.56. The van der Waals surface area contributed by atoms with Crippen molar-refractivity contribution < 1.29 is 13.6 Å². The predicted molar refractivity (Wildman–Crippen MR) is 75.1 cm³/mol. The number of imidazole rings is 1. The van der Waals surface area contributed by atoms with Crippen LogP contribution in [0.4, 0.5) is 8.78 Å². The molecule has 0 saturated heterocycles. The van der Waals surface area contributed by atoms with E-state index in [1.807, 2.05) is 24.3 Å². The molecule has 21 heavy (non-hydrogen) atoms. The second-order valence-electron chi connectivity index (χ2n) is 4.78. The largest absolute Gasteiger partial charge is 0.331 e. The third-order valence-corrected chi connectivity index (χ3v) is 3.45. The Balaban J connectivity index is 1.97. The summed E-state index contributed by atoms with van der Waals surface area (Å²) in [5, 5.41) is 0. The topological polar surface area (TPSA) is 34.9 Å². The van der Waals surface area contributed by atoms with Crippen LogP contribution < -0.4 is 0 Å². The lowest BCUT2D eigenvalue weighted by Gasteiger charge is -2.04. The third kappa shape index (κ3) is 2.31. The van der Waals surface area contributed by atoms with Gasteiger partial charge in [0.15, 0.2) is 17.4 Å². The van der Waals surface area contributed by atoms with Gasteiger partial charge in [-0.2, -0.15) is 0 Å². The van der Waals surface area contributed by atoms with E-state index in [0.29, 0.717) is 5.82 Å². The maximum Gasteiger partial charge on any atom is 0.173 e. The highest BCUT2D eigenvalue weighted by Gasteiger charge is 2.18. The molecule has 0 spiro atoms. The Morgan fingerprint density at radius 1 is 1.14 bits per heavy atom. The molecule has 0 unspecified atom stereocenters. The normalized spacial score (nSPS) is 11.0. The molecule has 0 aliphatic carbocycles. The van der Waals surface area contributed by atoms with Gasteiger partial charge in [0, 0.05) is 7.05 Å². The van der Waals surface area contributed by atoms with Crippen molar-refractivity contribution in [1.29, 1.82) is 0 Å². The van der Waals surface area contributed by atoms with Crippen LogP contribution in [0.5, 0.6) is 0 Å². The van der Waals surface area contributed by atoms with E-state index in [4.69, 9.17) is 0 Å². The summed E-state index contributed by atoms with van der Waals surface area (Å²) in [6.07, 6.45) is -0.0778. The van der Waals surface area contributed by atoms with Crippen LogP contribution in [0, 0.1) is 11.6 Å². The van der Waals surface area contributed by atoms with Gasteiger partial charge in [-0.05, 0) is 24.3 Å². The Morgan fingerprint density at radius 2 is 1.90 bits per heavy atom. The van der Waals surface area contributed by atoms with E-state index in [0.717, 1.165) is 17.1 Å². The number of aromatic nitrogens is 2. The first kappa shape index (κ1) is 13.4. The standard InChI is InChI=1S/C16H12F2N2O/c1-20-13-8-3-2-7-12(13)19-15(20)9-14(21)10-5-4-6-11(17)16(10)18/h2-8H,9H2,1H3. The smallest absolute Gasteiger partial charge is 0.173 e. The van der Waals surface area contributed by atoms with Gasteiger partial charge in [-0.3, -0.25) is 4.79 Å². The summed E-state index contributed by atoms with van der Waals surface area (Å²) >= 11 is 0. The molecule has 0 aliphatic rings. The van der Waals surface area contributed by atoms with Crippen molar-refractivity contribution in [3.8, 4) is 0 Å². The van der Waals surface area contributed by atoms with Gasteiger partial charge in [0.25, 0.3) is 0 Å². The number of aryl methyl sites for hydroxylation is 1. The number of hydrogen-bond donors (Lipinski definition) is 0. The van der Waals surface area contributed by atoms with Gasteiger partial charge in [-0.15, -0.1) is 0 Å². The maximum absolute atomic E-state index is 13.6. The lowest BCUT2D eigenvalue weighted by molar-refractivity contribution is 0.0985. The number of carbonyl (C=O) groups excluding carboxylic acids is 1. The molecule has 106 valence electrons. The second kappa shape index (κ2) is 5.09. The quantitative estimate of drug-likeness (QED) is 0.693. The lowest BCUT2D eigenvalue weighted by Crippen LogP contribution is -2.11. The zero-order chi connectivity index (χ0) is 15.0. The number of para-hydroxylation sites is 2. The van der Waals surface area contributed by atoms with Gasteiger partial charge in [0.1, 0.15) is 5.82 Å². The molecule has 0 saturated carbocycles. The summed E-state index contributed by atoms with van der Waals surface area (Å²) in [6, 6.07) is 11.0. The molecule has 0 fully saturated rings. The zero-order valence-electron chi connectivity index (χ0n) is 11.3. The van der Waals surface area contributed by atoms with Crippen molar-refractivity contribution in [3.63, 3.8) is 0 Å². The highest BCUT2D eigenvalue weighted by atomic mass is 19.2. The molecule has 1 aromatic heterocycles. The van der Waals surface area contributed by atoms with Gasteiger partial charge in [-0.25, -0.2) is 13.8 Å². The molecule has 1 heterocycles. The fraction of sp³-hybridized carbons (Fsp3) is 0.125. The van der Waals surface area contributed by atoms with Crippen molar-refractivity contribution in [2.24, 2.45) is 7.05 Å². The average molecular weight is 286 g/mol. The molecule has 3 rings (SSSR count). The Labute approximate surface area is 119 Å². The fourth-order valence-electron chi connectivity index (χ4n) is 2.31. The van der Waals surface area contributed by atoms with E-state index in [2.05, 4.69) is 4.98 Å². The van der Waals surface area contributed by atoms with Crippen molar-refractivity contribution in [1.82, 2.24) is 9.55 Å². The van der Waals surface area contributed by atoms with E-state index in [-0.39, 0.29) is 12.0 Å². The molecular weight excluding hydrogens is 274 g/mol. The van der Waals surface area contributed by atoms with E-state index >= 15 is 0 Å². The number of halogens is 2. The number of benzene rings is 2. The fourth-order valence-corrected chi connectivity index (χ4v) is 2.31. The lowest BCUT2D eigenvalue weighted by atomic mass is 10.1. The van der Waals surface area contributed by atoms with E-state index < -0.39 is 17.4 Å². The van der Waals surface area contributed by atoms with Crippen molar-refractivity contribution in [3.05, 3.63) is 65.5 Å². The summed E-state index contributed by atoms with van der Waals surface area (Å²) in [6.45, 7) is 0. The van der Waals surface area contributed by atoms with E-state index in [1.54, 1.807) is 11.6 Å².